The lowest BCUT2D eigenvalue weighted by Gasteiger charge is -2.15. The second-order valence-electron chi connectivity index (χ2n) is 6.84. The monoisotopic (exact) mass is 481 g/mol. The molecule has 0 radical (unpaired) electrons. The van der Waals surface area contributed by atoms with Crippen molar-refractivity contribution < 1.29 is 4.79 Å². The molecule has 1 heterocycles. The number of carbonyl (C=O) groups is 1. The fourth-order valence-electron chi connectivity index (χ4n) is 3.18. The minimum Gasteiger partial charge on any atom is -0.349 e. The van der Waals surface area contributed by atoms with E-state index in [1.54, 1.807) is 0 Å². The van der Waals surface area contributed by atoms with Gasteiger partial charge in [-0.25, -0.2) is 4.68 Å². The van der Waals surface area contributed by atoms with Gasteiger partial charge in [-0.3, -0.25) is 4.79 Å². The Morgan fingerprint density at radius 3 is 2.63 bits per heavy atom. The number of aromatic nitrogens is 3. The van der Waals surface area contributed by atoms with Gasteiger partial charge in [0.2, 0.25) is 11.1 Å². The van der Waals surface area contributed by atoms with E-state index < -0.39 is 0 Å². The highest BCUT2D eigenvalue weighted by molar-refractivity contribution is 9.10. The van der Waals surface area contributed by atoms with E-state index in [0.717, 1.165) is 21.0 Å². The summed E-state index contributed by atoms with van der Waals surface area (Å²) in [6.45, 7) is 1.98. The minimum absolute atomic E-state index is 0.0916. The number of amides is 1. The van der Waals surface area contributed by atoms with Gasteiger partial charge in [0.1, 0.15) is 0 Å². The van der Waals surface area contributed by atoms with Crippen molar-refractivity contribution in [2.75, 3.05) is 11.6 Å². The van der Waals surface area contributed by atoms with Gasteiger partial charge in [-0.1, -0.05) is 76.2 Å². The highest BCUT2D eigenvalue weighted by Crippen LogP contribution is 2.28. The molecule has 0 saturated heterocycles. The molecular formula is C22H20BrN5OS. The van der Waals surface area contributed by atoms with E-state index in [-0.39, 0.29) is 17.7 Å². The van der Waals surface area contributed by atoms with Crippen molar-refractivity contribution in [3.63, 3.8) is 0 Å². The van der Waals surface area contributed by atoms with Gasteiger partial charge in [-0.15, -0.1) is 10.2 Å². The van der Waals surface area contributed by atoms with Crippen LogP contribution in [0.15, 0.2) is 76.4 Å². The molecule has 4 rings (SSSR count). The average Bonchev–Trinajstić information content (AvgIpc) is 3.12. The first-order valence-electron chi connectivity index (χ1n) is 9.39. The van der Waals surface area contributed by atoms with Crippen LogP contribution in [0, 0.1) is 0 Å². The molecule has 0 spiro atoms. The van der Waals surface area contributed by atoms with Crippen molar-refractivity contribution >= 4 is 44.4 Å². The molecule has 0 bridgehead atoms. The Morgan fingerprint density at radius 1 is 1.10 bits per heavy atom. The fraction of sp³-hybridized carbons (Fsp3) is 0.136. The number of rotatable bonds is 6. The van der Waals surface area contributed by atoms with E-state index in [4.69, 9.17) is 5.84 Å². The van der Waals surface area contributed by atoms with Crippen LogP contribution in [0.1, 0.15) is 18.5 Å². The van der Waals surface area contributed by atoms with Crippen LogP contribution in [0.2, 0.25) is 0 Å². The van der Waals surface area contributed by atoms with Crippen molar-refractivity contribution in [3.8, 4) is 11.4 Å². The van der Waals surface area contributed by atoms with E-state index >= 15 is 0 Å². The van der Waals surface area contributed by atoms with Gasteiger partial charge in [0.25, 0.3) is 0 Å². The van der Waals surface area contributed by atoms with Gasteiger partial charge >= 0.3 is 0 Å². The average molecular weight is 482 g/mol. The number of carbonyl (C=O) groups excluding carboxylic acids is 1. The molecule has 0 aliphatic carbocycles. The van der Waals surface area contributed by atoms with Crippen LogP contribution >= 0.6 is 27.7 Å². The van der Waals surface area contributed by atoms with Gasteiger partial charge in [-0.05, 0) is 41.5 Å². The summed E-state index contributed by atoms with van der Waals surface area (Å²) in [6.07, 6.45) is 0. The number of nitrogens with two attached hydrogens (primary N) is 1. The molecule has 0 aliphatic heterocycles. The number of nitrogen functional groups attached to an aromatic ring is 1. The summed E-state index contributed by atoms with van der Waals surface area (Å²) in [5.41, 5.74) is 1.90. The van der Waals surface area contributed by atoms with Gasteiger partial charge in [-0.2, -0.15) is 0 Å². The van der Waals surface area contributed by atoms with Crippen LogP contribution in [-0.2, 0) is 4.79 Å². The van der Waals surface area contributed by atoms with Gasteiger partial charge in [0.05, 0.1) is 11.8 Å². The molecule has 0 saturated carbocycles. The zero-order valence-corrected chi connectivity index (χ0v) is 18.7. The Bertz CT molecular complexity index is 1210. The zero-order valence-electron chi connectivity index (χ0n) is 16.2. The Labute approximate surface area is 187 Å². The lowest BCUT2D eigenvalue weighted by molar-refractivity contribution is -0.119. The largest absolute Gasteiger partial charge is 0.349 e. The van der Waals surface area contributed by atoms with Crippen LogP contribution in [0.4, 0.5) is 0 Å². The second kappa shape index (κ2) is 8.89. The summed E-state index contributed by atoms with van der Waals surface area (Å²) in [7, 11) is 0. The van der Waals surface area contributed by atoms with Gasteiger partial charge in [0.15, 0.2) is 5.82 Å². The van der Waals surface area contributed by atoms with Crippen LogP contribution in [-0.4, -0.2) is 26.5 Å². The molecule has 1 unspecified atom stereocenters. The molecule has 1 amide bonds. The normalized spacial score (nSPS) is 12.1. The fourth-order valence-corrected chi connectivity index (χ4v) is 4.31. The third kappa shape index (κ3) is 4.34. The summed E-state index contributed by atoms with van der Waals surface area (Å²) < 4.78 is 2.28. The molecule has 3 aromatic carbocycles. The molecule has 152 valence electrons. The molecule has 4 aromatic rings. The van der Waals surface area contributed by atoms with Crippen LogP contribution in [0.3, 0.4) is 0 Å². The molecule has 3 N–H and O–H groups in total. The quantitative estimate of drug-likeness (QED) is 0.311. The summed E-state index contributed by atoms with van der Waals surface area (Å²) in [6, 6.07) is 21.9. The van der Waals surface area contributed by atoms with Crippen molar-refractivity contribution in [2.45, 2.75) is 18.1 Å². The molecule has 8 heteroatoms. The third-order valence-electron chi connectivity index (χ3n) is 4.76. The first-order valence-corrected chi connectivity index (χ1v) is 11.2. The summed E-state index contributed by atoms with van der Waals surface area (Å²) in [5.74, 6) is 6.80. The van der Waals surface area contributed by atoms with Gasteiger partial charge < -0.3 is 11.2 Å². The van der Waals surface area contributed by atoms with Crippen LogP contribution in [0.25, 0.3) is 22.2 Å². The lowest BCUT2D eigenvalue weighted by atomic mass is 10.0. The standard InChI is InChI=1S/C22H20BrN5OS/c1-14(16-11-10-15-6-2-3-7-17(15)12-16)25-20(29)13-30-22-27-26-21(28(22)24)18-8-4-5-9-19(18)23/h2-12,14H,13,24H2,1H3,(H,25,29). The molecule has 1 atom stereocenters. The smallest absolute Gasteiger partial charge is 0.230 e. The molecule has 0 aliphatic rings. The van der Waals surface area contributed by atoms with Crippen molar-refractivity contribution in [2.24, 2.45) is 0 Å². The van der Waals surface area contributed by atoms with Crippen molar-refractivity contribution in [1.82, 2.24) is 20.2 Å². The van der Waals surface area contributed by atoms with E-state index in [0.29, 0.717) is 11.0 Å². The Balaban J connectivity index is 1.39. The lowest BCUT2D eigenvalue weighted by Crippen LogP contribution is -2.28. The van der Waals surface area contributed by atoms with Crippen molar-refractivity contribution in [3.05, 3.63) is 76.8 Å². The topological polar surface area (TPSA) is 85.8 Å². The minimum atomic E-state index is -0.103. The van der Waals surface area contributed by atoms with Crippen LogP contribution in [0.5, 0.6) is 0 Å². The number of thioether (sulfide) groups is 1. The van der Waals surface area contributed by atoms with E-state index in [2.05, 4.69) is 55.7 Å². The predicted octanol–water partition coefficient (Wildman–Crippen LogP) is 4.54. The predicted molar refractivity (Wildman–Crippen MR) is 125 cm³/mol. The third-order valence-corrected chi connectivity index (χ3v) is 6.40. The highest BCUT2D eigenvalue weighted by Gasteiger charge is 2.16. The molecule has 0 fully saturated rings. The van der Waals surface area contributed by atoms with Crippen molar-refractivity contribution in [1.29, 1.82) is 0 Å². The first kappa shape index (κ1) is 20.4. The number of fused-ring (bicyclic) bond motifs is 1. The molecule has 30 heavy (non-hydrogen) atoms. The number of hydrogen-bond donors (Lipinski definition) is 2. The SMILES string of the molecule is CC(NC(=O)CSc1nnc(-c2ccccc2Br)n1N)c1ccc2ccccc2c1. The maximum absolute atomic E-state index is 12.5. The number of benzene rings is 3. The zero-order chi connectivity index (χ0) is 21.1. The van der Waals surface area contributed by atoms with E-state index in [1.165, 1.54) is 21.8 Å². The first-order chi connectivity index (χ1) is 14.5. The highest BCUT2D eigenvalue weighted by atomic mass is 79.9. The van der Waals surface area contributed by atoms with Gasteiger partial charge in [0, 0.05) is 10.0 Å². The summed E-state index contributed by atoms with van der Waals surface area (Å²) in [5, 5.41) is 14.1. The number of halogens is 1. The second-order valence-corrected chi connectivity index (χ2v) is 8.64. The number of nitrogens with zero attached hydrogens (tertiary/aromatic N) is 3. The molecule has 1 aromatic heterocycles. The number of nitrogens with one attached hydrogen (secondary N) is 1. The van der Waals surface area contributed by atoms with E-state index in [9.17, 15) is 4.79 Å². The Kier molecular flexibility index (Phi) is 6.06. The Morgan fingerprint density at radius 2 is 1.83 bits per heavy atom. The van der Waals surface area contributed by atoms with Crippen LogP contribution < -0.4 is 11.2 Å². The maximum atomic E-state index is 12.5. The molecular weight excluding hydrogens is 462 g/mol. The maximum Gasteiger partial charge on any atom is 0.230 e. The van der Waals surface area contributed by atoms with E-state index in [1.807, 2.05) is 49.4 Å². The molecule has 6 nitrogen and oxygen atoms in total. The Hall–Kier alpha value is -2.84. The number of hydrogen-bond acceptors (Lipinski definition) is 5. The summed E-state index contributed by atoms with van der Waals surface area (Å²) >= 11 is 4.75. The summed E-state index contributed by atoms with van der Waals surface area (Å²) in [4.78, 5) is 12.5.